The van der Waals surface area contributed by atoms with E-state index in [9.17, 15) is 10.1 Å². The zero-order valence-electron chi connectivity index (χ0n) is 20.9. The number of hydrogen-bond acceptors (Lipinski definition) is 10. The van der Waals surface area contributed by atoms with E-state index < -0.39 is 11.9 Å². The molecular formula is C25H26N4O8S2. The highest BCUT2D eigenvalue weighted by Gasteiger charge is 2.33. The molecule has 0 bridgehead atoms. The Hall–Kier alpha value is -3.72. The number of fused-ring (bicyclic) bond motifs is 3. The number of carbonyl (C=O) groups is 2. The van der Waals surface area contributed by atoms with Crippen LogP contribution in [0.25, 0.3) is 16.8 Å². The summed E-state index contributed by atoms with van der Waals surface area (Å²) in [5.41, 5.74) is 4.86. The number of ether oxygens (including phenoxy) is 1. The Bertz CT molecular complexity index is 1370. The molecule has 0 unspecified atom stereocenters. The second-order valence-electron chi connectivity index (χ2n) is 8.47. The van der Waals surface area contributed by atoms with E-state index in [4.69, 9.17) is 29.4 Å². The van der Waals surface area contributed by atoms with E-state index in [2.05, 4.69) is 14.6 Å². The first-order chi connectivity index (χ1) is 18.8. The van der Waals surface area contributed by atoms with Crippen molar-refractivity contribution in [2.45, 2.75) is 17.1 Å². The van der Waals surface area contributed by atoms with Gasteiger partial charge in [-0.1, -0.05) is 5.16 Å². The first-order valence-electron chi connectivity index (χ1n) is 11.9. The van der Waals surface area contributed by atoms with Crippen molar-refractivity contribution in [1.82, 2.24) is 9.47 Å². The predicted molar refractivity (Wildman–Crippen MR) is 146 cm³/mol. The van der Waals surface area contributed by atoms with E-state index >= 15 is 0 Å². The number of nitro groups is 1. The molecular weight excluding hydrogens is 548 g/mol. The number of benzene rings is 1. The molecule has 39 heavy (non-hydrogen) atoms. The third-order valence-electron chi connectivity index (χ3n) is 6.08. The van der Waals surface area contributed by atoms with Crippen LogP contribution in [-0.2, 0) is 19.2 Å². The molecule has 3 aromatic rings. The molecule has 4 heterocycles. The quantitative estimate of drug-likeness (QED) is 0.0743. The molecule has 0 amide bonds. The maximum absolute atomic E-state index is 11.1. The predicted octanol–water partition coefficient (Wildman–Crippen LogP) is 4.14. The van der Waals surface area contributed by atoms with Crippen LogP contribution in [0.3, 0.4) is 0 Å². The van der Waals surface area contributed by atoms with Gasteiger partial charge in [0, 0.05) is 30.4 Å². The Labute approximate surface area is 231 Å². The Morgan fingerprint density at radius 1 is 1.15 bits per heavy atom. The molecule has 0 radical (unpaired) electrons. The van der Waals surface area contributed by atoms with Crippen molar-refractivity contribution in [1.29, 1.82) is 0 Å². The fraction of sp³-hybridized carbons (Fsp3) is 0.320. The van der Waals surface area contributed by atoms with E-state index in [1.54, 1.807) is 35.2 Å². The molecule has 1 fully saturated rings. The molecule has 14 heteroatoms. The lowest BCUT2D eigenvalue weighted by atomic mass is 10.1. The summed E-state index contributed by atoms with van der Waals surface area (Å²) in [5.74, 6) is -3.65. The number of hydrogen-bond donors (Lipinski definition) is 2. The van der Waals surface area contributed by atoms with Gasteiger partial charge in [0.25, 0.3) is 5.69 Å². The minimum absolute atomic E-state index is 0.0818. The summed E-state index contributed by atoms with van der Waals surface area (Å²) < 4.78 is 8.87. The second-order valence-corrected chi connectivity index (χ2v) is 10.6. The highest BCUT2D eigenvalue weighted by Crippen LogP contribution is 2.48. The standard InChI is InChI=1S/C23H24N4O4S2.C2H2O4/c1-32-23-19(16-6-8-17(9-7-16)27(28)29)21-22(33-23)20(18-5-4-12-26(18)21)24-31-15-30-14-13-25-10-2-3-11-25;3-1(4)2(5)6/h4-9,12H,2-3,10-11,13-15H2,1H3;(H,3,4)(H,5,6)/b24-20-;. The smallest absolute Gasteiger partial charge is 0.414 e. The van der Waals surface area contributed by atoms with Crippen molar-refractivity contribution < 1.29 is 34.3 Å². The van der Waals surface area contributed by atoms with Crippen molar-refractivity contribution in [3.8, 4) is 16.8 Å². The number of thiophene rings is 1. The average molecular weight is 575 g/mol. The van der Waals surface area contributed by atoms with Crippen LogP contribution in [0.1, 0.15) is 23.4 Å². The van der Waals surface area contributed by atoms with E-state index in [0.29, 0.717) is 6.61 Å². The van der Waals surface area contributed by atoms with Crippen molar-refractivity contribution in [3.05, 3.63) is 63.3 Å². The lowest BCUT2D eigenvalue weighted by Gasteiger charge is -2.13. The Morgan fingerprint density at radius 2 is 1.85 bits per heavy atom. The van der Waals surface area contributed by atoms with Gasteiger partial charge in [0.05, 0.1) is 32.0 Å². The third-order valence-corrected chi connectivity index (χ3v) is 8.38. The number of thioether (sulfide) groups is 1. The largest absolute Gasteiger partial charge is 0.473 e. The van der Waals surface area contributed by atoms with Crippen molar-refractivity contribution in [2.24, 2.45) is 5.16 Å². The number of aliphatic carboxylic acids is 2. The van der Waals surface area contributed by atoms with Gasteiger partial charge in [0.15, 0.2) is 0 Å². The first kappa shape index (κ1) is 28.3. The molecule has 206 valence electrons. The number of nitrogens with zero attached hydrogens (tertiary/aromatic N) is 4. The van der Waals surface area contributed by atoms with Gasteiger partial charge in [0.2, 0.25) is 6.79 Å². The summed E-state index contributed by atoms with van der Waals surface area (Å²) in [7, 11) is 0. The molecule has 5 rings (SSSR count). The van der Waals surface area contributed by atoms with Crippen LogP contribution in [0.15, 0.2) is 52.0 Å². The summed E-state index contributed by atoms with van der Waals surface area (Å²) in [6.07, 6.45) is 6.59. The van der Waals surface area contributed by atoms with Crippen molar-refractivity contribution >= 4 is 46.4 Å². The number of rotatable bonds is 9. The topological polar surface area (TPSA) is 157 Å². The fourth-order valence-electron chi connectivity index (χ4n) is 4.30. The highest BCUT2D eigenvalue weighted by atomic mass is 32.2. The van der Waals surface area contributed by atoms with Gasteiger partial charge in [-0.2, -0.15) is 0 Å². The van der Waals surface area contributed by atoms with Crippen LogP contribution >= 0.6 is 23.1 Å². The summed E-state index contributed by atoms with van der Waals surface area (Å²) in [6, 6.07) is 10.7. The minimum Gasteiger partial charge on any atom is -0.473 e. The number of non-ortho nitro benzene ring substituents is 1. The number of aromatic nitrogens is 1. The van der Waals surface area contributed by atoms with Crippen LogP contribution in [-0.4, -0.2) is 81.5 Å². The van der Waals surface area contributed by atoms with Gasteiger partial charge in [0.1, 0.15) is 5.71 Å². The third kappa shape index (κ3) is 6.47. The van der Waals surface area contributed by atoms with Gasteiger partial charge in [-0.25, -0.2) is 9.59 Å². The first-order valence-corrected chi connectivity index (χ1v) is 14.0. The average Bonchev–Trinajstić information content (AvgIpc) is 3.70. The lowest BCUT2D eigenvalue weighted by molar-refractivity contribution is -0.384. The SMILES string of the molecule is CSc1sc2c(c1-c1ccc([N+](=O)[O-])cc1)-n1cccc1/C2=N/OCOCCN1CCCC1.O=C(O)C(=O)O. The Balaban J connectivity index is 0.000000531. The van der Waals surface area contributed by atoms with Crippen LogP contribution in [0.5, 0.6) is 0 Å². The summed E-state index contributed by atoms with van der Waals surface area (Å²) >= 11 is 3.32. The Morgan fingerprint density at radius 3 is 2.46 bits per heavy atom. The molecule has 12 nitrogen and oxygen atoms in total. The van der Waals surface area contributed by atoms with Gasteiger partial charge in [-0.05, 0) is 62.0 Å². The summed E-state index contributed by atoms with van der Waals surface area (Å²) in [6.45, 7) is 3.97. The minimum atomic E-state index is -1.82. The van der Waals surface area contributed by atoms with Gasteiger partial charge in [-0.3, -0.25) is 10.1 Å². The Kier molecular flexibility index (Phi) is 9.35. The van der Waals surface area contributed by atoms with E-state index in [0.717, 1.165) is 56.9 Å². The number of oxime groups is 1. The molecule has 0 spiro atoms. The van der Waals surface area contributed by atoms with Gasteiger partial charge in [-0.15, -0.1) is 23.1 Å². The maximum Gasteiger partial charge on any atom is 0.414 e. The van der Waals surface area contributed by atoms with Gasteiger partial charge < -0.3 is 29.3 Å². The number of nitro benzene ring substituents is 1. The van der Waals surface area contributed by atoms with Crippen LogP contribution < -0.4 is 0 Å². The lowest BCUT2D eigenvalue weighted by Crippen LogP contribution is -2.24. The second kappa shape index (κ2) is 12.9. The fourth-order valence-corrected chi connectivity index (χ4v) is 6.34. The molecule has 1 aromatic carbocycles. The number of likely N-dealkylation sites (tertiary alicyclic amines) is 1. The number of carboxylic acids is 2. The molecule has 2 aliphatic rings. The molecule has 2 aromatic heterocycles. The monoisotopic (exact) mass is 574 g/mol. The molecule has 2 N–H and O–H groups in total. The molecule has 0 atom stereocenters. The van der Waals surface area contributed by atoms with Crippen LogP contribution in [0.2, 0.25) is 0 Å². The molecule has 0 aliphatic carbocycles. The molecule has 1 saturated heterocycles. The van der Waals surface area contributed by atoms with Crippen LogP contribution in [0, 0.1) is 10.1 Å². The highest BCUT2D eigenvalue weighted by molar-refractivity contribution is 8.00. The molecule has 2 aliphatic heterocycles. The van der Waals surface area contributed by atoms with E-state index in [1.165, 1.54) is 12.8 Å². The van der Waals surface area contributed by atoms with E-state index in [-0.39, 0.29) is 17.4 Å². The zero-order chi connectivity index (χ0) is 27.9. The molecule has 0 saturated carbocycles. The summed E-state index contributed by atoms with van der Waals surface area (Å²) in [4.78, 5) is 37.9. The van der Waals surface area contributed by atoms with Crippen LogP contribution in [0.4, 0.5) is 5.69 Å². The van der Waals surface area contributed by atoms with Crippen molar-refractivity contribution in [3.63, 3.8) is 0 Å². The zero-order valence-corrected chi connectivity index (χ0v) is 22.6. The van der Waals surface area contributed by atoms with Gasteiger partial charge >= 0.3 is 11.9 Å². The summed E-state index contributed by atoms with van der Waals surface area (Å²) in [5, 5.41) is 30.3. The normalized spacial score (nSPS) is 14.9. The van der Waals surface area contributed by atoms with E-state index in [1.807, 2.05) is 36.7 Å². The van der Waals surface area contributed by atoms with Crippen molar-refractivity contribution in [2.75, 3.05) is 39.3 Å². The number of carboxylic acid groups (broad SMARTS) is 2. The maximum atomic E-state index is 11.1.